The van der Waals surface area contributed by atoms with E-state index in [1.807, 2.05) is 0 Å². The summed E-state index contributed by atoms with van der Waals surface area (Å²) >= 11 is 0. The van der Waals surface area contributed by atoms with Crippen molar-refractivity contribution in [2.75, 3.05) is 0 Å². The van der Waals surface area contributed by atoms with Crippen molar-refractivity contribution in [3.8, 4) is 5.75 Å². The lowest BCUT2D eigenvalue weighted by Gasteiger charge is -2.26. The number of halogens is 2. The molecule has 104 valence electrons. The Morgan fingerprint density at radius 1 is 1.11 bits per heavy atom. The predicted octanol–water partition coefficient (Wildman–Crippen LogP) is 5.17. The van der Waals surface area contributed by atoms with Gasteiger partial charge in [-0.1, -0.05) is 31.9 Å². The van der Waals surface area contributed by atoms with E-state index in [4.69, 9.17) is 4.74 Å². The highest BCUT2D eigenvalue weighted by Gasteiger charge is 2.24. The normalized spacial score (nSPS) is 23.8. The van der Waals surface area contributed by atoms with Gasteiger partial charge < -0.3 is 4.74 Å². The predicted molar refractivity (Wildman–Crippen MR) is 72.2 cm³/mol. The maximum absolute atomic E-state index is 14.1. The van der Waals surface area contributed by atoms with Crippen LogP contribution in [0.15, 0.2) is 24.5 Å². The second kappa shape index (κ2) is 6.18. The van der Waals surface area contributed by atoms with Crippen LogP contribution in [0.25, 0.3) is 0 Å². The van der Waals surface area contributed by atoms with E-state index in [0.29, 0.717) is 11.5 Å². The molecule has 0 heterocycles. The van der Waals surface area contributed by atoms with Gasteiger partial charge in [-0.2, -0.15) is 4.39 Å². The zero-order valence-electron chi connectivity index (χ0n) is 11.5. The van der Waals surface area contributed by atoms with E-state index in [-0.39, 0.29) is 11.7 Å². The molecule has 0 radical (unpaired) electrons. The van der Waals surface area contributed by atoms with Gasteiger partial charge in [0, 0.05) is 0 Å². The van der Waals surface area contributed by atoms with Gasteiger partial charge in [0.1, 0.15) is 0 Å². The van der Waals surface area contributed by atoms with E-state index >= 15 is 0 Å². The van der Waals surface area contributed by atoms with E-state index in [1.165, 1.54) is 12.3 Å². The van der Waals surface area contributed by atoms with Crippen LogP contribution in [0.2, 0.25) is 0 Å². The Hall–Kier alpha value is -1.38. The summed E-state index contributed by atoms with van der Waals surface area (Å²) in [5.74, 6) is -0.845. The molecule has 0 amide bonds. The third-order valence-corrected chi connectivity index (χ3v) is 3.86. The maximum atomic E-state index is 14.1. The highest BCUT2D eigenvalue weighted by atomic mass is 19.2. The minimum Gasteiger partial charge on any atom is -0.462 e. The van der Waals surface area contributed by atoms with Crippen molar-refractivity contribution in [1.29, 1.82) is 0 Å². The van der Waals surface area contributed by atoms with Gasteiger partial charge in [-0.3, -0.25) is 0 Å². The van der Waals surface area contributed by atoms with Crippen LogP contribution >= 0.6 is 0 Å². The smallest absolute Gasteiger partial charge is 0.201 e. The maximum Gasteiger partial charge on any atom is 0.201 e. The van der Waals surface area contributed by atoms with Crippen molar-refractivity contribution in [3.63, 3.8) is 0 Å². The van der Waals surface area contributed by atoms with E-state index in [2.05, 4.69) is 6.92 Å². The highest BCUT2D eigenvalue weighted by Crippen LogP contribution is 2.38. The molecule has 2 rings (SSSR count). The Labute approximate surface area is 113 Å². The zero-order chi connectivity index (χ0) is 13.8. The standard InChI is InChI=1S/C16H20F2O/c1-3-10-19-14-9-8-13(15(17)16(14)18)12-6-4-11(2)5-7-12/h3,8-12H,4-7H2,1-2H3. The summed E-state index contributed by atoms with van der Waals surface area (Å²) in [5.41, 5.74) is 0.497. The molecule has 1 aromatic rings. The Morgan fingerprint density at radius 3 is 2.42 bits per heavy atom. The van der Waals surface area contributed by atoms with Crippen LogP contribution in [0.5, 0.6) is 5.75 Å². The quantitative estimate of drug-likeness (QED) is 0.686. The molecule has 3 heteroatoms. The molecule has 1 aliphatic rings. The second-order valence-corrected chi connectivity index (χ2v) is 5.32. The van der Waals surface area contributed by atoms with E-state index in [0.717, 1.165) is 25.7 Å². The van der Waals surface area contributed by atoms with Crippen molar-refractivity contribution in [3.05, 3.63) is 41.7 Å². The lowest BCUT2D eigenvalue weighted by molar-refractivity contribution is 0.336. The molecule has 19 heavy (non-hydrogen) atoms. The molecular weight excluding hydrogens is 246 g/mol. The minimum absolute atomic E-state index is 0.0523. The average molecular weight is 266 g/mol. The Morgan fingerprint density at radius 2 is 1.79 bits per heavy atom. The first-order valence-corrected chi connectivity index (χ1v) is 6.89. The van der Waals surface area contributed by atoms with E-state index in [9.17, 15) is 8.78 Å². The first-order chi connectivity index (χ1) is 9.13. The molecule has 0 N–H and O–H groups in total. The second-order valence-electron chi connectivity index (χ2n) is 5.32. The molecule has 1 nitrogen and oxygen atoms in total. The summed E-state index contributed by atoms with van der Waals surface area (Å²) in [4.78, 5) is 0. The first kappa shape index (κ1) is 14.0. The third kappa shape index (κ3) is 3.14. The summed E-state index contributed by atoms with van der Waals surface area (Å²) < 4.78 is 33.0. The molecular formula is C16H20F2O. The number of hydrogen-bond acceptors (Lipinski definition) is 1. The molecule has 1 aliphatic carbocycles. The van der Waals surface area contributed by atoms with Gasteiger partial charge in [0.25, 0.3) is 0 Å². The Balaban J connectivity index is 2.20. The molecule has 1 aromatic carbocycles. The lowest BCUT2D eigenvalue weighted by atomic mass is 9.79. The summed E-state index contributed by atoms with van der Waals surface area (Å²) in [6, 6.07) is 3.18. The van der Waals surface area contributed by atoms with E-state index < -0.39 is 11.6 Å². The Kier molecular flexibility index (Phi) is 4.56. The summed E-state index contributed by atoms with van der Waals surface area (Å²) in [6.45, 7) is 3.97. The highest BCUT2D eigenvalue weighted by molar-refractivity contribution is 5.33. The SMILES string of the molecule is CC=COc1ccc(C2CCC(C)CC2)c(F)c1F. The topological polar surface area (TPSA) is 9.23 Å². The van der Waals surface area contributed by atoms with Crippen molar-refractivity contribution >= 4 is 0 Å². The van der Waals surface area contributed by atoms with Gasteiger partial charge in [-0.25, -0.2) is 4.39 Å². The van der Waals surface area contributed by atoms with Gasteiger partial charge in [-0.15, -0.1) is 0 Å². The molecule has 0 unspecified atom stereocenters. The first-order valence-electron chi connectivity index (χ1n) is 6.89. The summed E-state index contributed by atoms with van der Waals surface area (Å²) in [6.07, 6.45) is 7.03. The van der Waals surface area contributed by atoms with Crippen LogP contribution in [0, 0.1) is 17.6 Å². The Bertz CT molecular complexity index is 460. The van der Waals surface area contributed by atoms with E-state index in [1.54, 1.807) is 19.1 Å². The molecule has 0 bridgehead atoms. The van der Waals surface area contributed by atoms with Crippen LogP contribution in [0.1, 0.15) is 51.0 Å². The average Bonchev–Trinajstić information content (AvgIpc) is 2.42. The van der Waals surface area contributed by atoms with Gasteiger partial charge >= 0.3 is 0 Å². The van der Waals surface area contributed by atoms with Gasteiger partial charge in [-0.05, 0) is 43.2 Å². The van der Waals surface area contributed by atoms with Crippen molar-refractivity contribution in [2.24, 2.45) is 5.92 Å². The third-order valence-electron chi connectivity index (χ3n) is 3.86. The zero-order valence-corrected chi connectivity index (χ0v) is 11.5. The number of ether oxygens (including phenoxy) is 1. The monoisotopic (exact) mass is 266 g/mol. The number of hydrogen-bond donors (Lipinski definition) is 0. The number of rotatable bonds is 3. The van der Waals surface area contributed by atoms with Crippen LogP contribution in [-0.4, -0.2) is 0 Å². The van der Waals surface area contributed by atoms with Crippen LogP contribution < -0.4 is 4.74 Å². The molecule has 1 fully saturated rings. The van der Waals surface area contributed by atoms with Gasteiger partial charge in [0.2, 0.25) is 5.82 Å². The molecule has 0 aliphatic heterocycles. The van der Waals surface area contributed by atoms with Crippen LogP contribution in [0.3, 0.4) is 0 Å². The molecule has 0 atom stereocenters. The molecule has 0 spiro atoms. The van der Waals surface area contributed by atoms with Crippen molar-refractivity contribution in [1.82, 2.24) is 0 Å². The van der Waals surface area contributed by atoms with Crippen LogP contribution in [0.4, 0.5) is 8.78 Å². The van der Waals surface area contributed by atoms with Gasteiger partial charge in [0.15, 0.2) is 11.6 Å². The van der Waals surface area contributed by atoms with Crippen LogP contribution in [-0.2, 0) is 0 Å². The van der Waals surface area contributed by atoms with Crippen molar-refractivity contribution in [2.45, 2.75) is 45.4 Å². The van der Waals surface area contributed by atoms with Crippen molar-refractivity contribution < 1.29 is 13.5 Å². The minimum atomic E-state index is -0.880. The molecule has 1 saturated carbocycles. The fourth-order valence-electron chi connectivity index (χ4n) is 2.67. The summed E-state index contributed by atoms with van der Waals surface area (Å²) in [5, 5.41) is 0. The molecule has 0 saturated heterocycles. The lowest BCUT2D eigenvalue weighted by Crippen LogP contribution is -2.13. The summed E-state index contributed by atoms with van der Waals surface area (Å²) in [7, 11) is 0. The number of allylic oxidation sites excluding steroid dienone is 1. The fourth-order valence-corrected chi connectivity index (χ4v) is 2.67. The van der Waals surface area contributed by atoms with Gasteiger partial charge in [0.05, 0.1) is 6.26 Å². The fraction of sp³-hybridized carbons (Fsp3) is 0.500. The number of benzene rings is 1. The largest absolute Gasteiger partial charge is 0.462 e. The molecule has 0 aromatic heterocycles.